The molecule has 0 radical (unpaired) electrons. The lowest BCUT2D eigenvalue weighted by atomic mass is 10.0. The van der Waals surface area contributed by atoms with E-state index in [1.165, 1.54) is 5.56 Å². The van der Waals surface area contributed by atoms with Crippen LogP contribution in [0.15, 0.2) is 30.6 Å². The zero-order valence-electron chi connectivity index (χ0n) is 11.0. The number of benzene rings is 1. The number of anilines is 1. The van der Waals surface area contributed by atoms with Gasteiger partial charge in [-0.15, -0.1) is 0 Å². The van der Waals surface area contributed by atoms with Crippen LogP contribution in [0.5, 0.6) is 5.75 Å². The number of ether oxygens (including phenoxy) is 1. The maximum absolute atomic E-state index is 5.82. The molecule has 0 spiro atoms. The molecule has 19 heavy (non-hydrogen) atoms. The van der Waals surface area contributed by atoms with Gasteiger partial charge >= 0.3 is 0 Å². The van der Waals surface area contributed by atoms with Gasteiger partial charge in [0.25, 0.3) is 0 Å². The van der Waals surface area contributed by atoms with Crippen molar-refractivity contribution in [2.45, 2.75) is 19.8 Å². The molecule has 2 aromatic rings. The summed E-state index contributed by atoms with van der Waals surface area (Å²) < 4.78 is 5.82. The Kier molecular flexibility index (Phi) is 3.31. The summed E-state index contributed by atoms with van der Waals surface area (Å²) in [5.41, 5.74) is 3.15. The Hall–Kier alpha value is -2.10. The minimum Gasteiger partial charge on any atom is -0.493 e. The molecule has 0 aliphatic carbocycles. The second-order valence-electron chi connectivity index (χ2n) is 4.57. The van der Waals surface area contributed by atoms with E-state index in [2.05, 4.69) is 27.4 Å². The highest BCUT2D eigenvalue weighted by atomic mass is 16.5. The van der Waals surface area contributed by atoms with Crippen LogP contribution in [0.2, 0.25) is 0 Å². The van der Waals surface area contributed by atoms with Gasteiger partial charge in [0.05, 0.1) is 24.7 Å². The molecule has 0 unspecified atom stereocenters. The van der Waals surface area contributed by atoms with Crippen molar-refractivity contribution < 1.29 is 4.74 Å². The highest BCUT2D eigenvalue weighted by Crippen LogP contribution is 2.35. The van der Waals surface area contributed by atoms with Crippen molar-refractivity contribution in [3.8, 4) is 17.0 Å². The van der Waals surface area contributed by atoms with Crippen LogP contribution < -0.4 is 10.1 Å². The van der Waals surface area contributed by atoms with E-state index in [0.29, 0.717) is 0 Å². The fourth-order valence-corrected chi connectivity index (χ4v) is 2.35. The van der Waals surface area contributed by atoms with Crippen molar-refractivity contribution in [2.75, 3.05) is 18.5 Å². The zero-order chi connectivity index (χ0) is 13.1. The molecule has 0 amide bonds. The molecule has 1 aromatic carbocycles. The topological polar surface area (TPSA) is 47.0 Å². The Bertz CT molecular complexity index is 583. The molecule has 4 heteroatoms. The van der Waals surface area contributed by atoms with Crippen LogP contribution >= 0.6 is 0 Å². The summed E-state index contributed by atoms with van der Waals surface area (Å²) in [5.74, 6) is 1.77. The summed E-state index contributed by atoms with van der Waals surface area (Å²) >= 11 is 0. The molecule has 0 saturated carbocycles. The first-order valence-corrected chi connectivity index (χ1v) is 6.69. The number of para-hydroxylation sites is 1. The van der Waals surface area contributed by atoms with E-state index in [9.17, 15) is 0 Å². The number of aryl methyl sites for hydroxylation is 1. The van der Waals surface area contributed by atoms with Gasteiger partial charge in [-0.2, -0.15) is 0 Å². The predicted molar refractivity (Wildman–Crippen MR) is 75.4 cm³/mol. The van der Waals surface area contributed by atoms with Gasteiger partial charge in [-0.25, -0.2) is 4.98 Å². The van der Waals surface area contributed by atoms with Gasteiger partial charge in [0, 0.05) is 12.1 Å². The van der Waals surface area contributed by atoms with Crippen LogP contribution in [0, 0.1) is 0 Å². The molecule has 1 N–H and O–H groups in total. The van der Waals surface area contributed by atoms with Gasteiger partial charge in [-0.1, -0.05) is 12.1 Å². The minimum absolute atomic E-state index is 0.782. The fourth-order valence-electron chi connectivity index (χ4n) is 2.35. The number of aromatic nitrogens is 2. The van der Waals surface area contributed by atoms with Crippen LogP contribution in [-0.4, -0.2) is 23.1 Å². The number of rotatable bonds is 3. The second-order valence-corrected chi connectivity index (χ2v) is 4.57. The average Bonchev–Trinajstić information content (AvgIpc) is 2.47. The summed E-state index contributed by atoms with van der Waals surface area (Å²) in [7, 11) is 0. The predicted octanol–water partition coefficient (Wildman–Crippen LogP) is 2.90. The zero-order valence-corrected chi connectivity index (χ0v) is 11.0. The molecule has 1 aliphatic heterocycles. The molecule has 1 aromatic heterocycles. The summed E-state index contributed by atoms with van der Waals surface area (Å²) in [5, 5.41) is 3.18. The van der Waals surface area contributed by atoms with Crippen molar-refractivity contribution in [1.82, 2.24) is 9.97 Å². The third-order valence-electron chi connectivity index (χ3n) is 3.20. The van der Waals surface area contributed by atoms with Gasteiger partial charge < -0.3 is 10.1 Å². The molecule has 3 rings (SSSR count). The average molecular weight is 255 g/mol. The third-order valence-corrected chi connectivity index (χ3v) is 3.20. The van der Waals surface area contributed by atoms with E-state index < -0.39 is 0 Å². The summed E-state index contributed by atoms with van der Waals surface area (Å²) in [6.45, 7) is 3.66. The van der Waals surface area contributed by atoms with Crippen molar-refractivity contribution in [3.05, 3.63) is 36.2 Å². The second kappa shape index (κ2) is 5.26. The Morgan fingerprint density at radius 2 is 2.26 bits per heavy atom. The molecular formula is C15H17N3O. The number of fused-ring (bicyclic) bond motifs is 1. The van der Waals surface area contributed by atoms with E-state index in [0.717, 1.165) is 48.8 Å². The molecule has 1 aliphatic rings. The Labute approximate surface area is 112 Å². The lowest BCUT2D eigenvalue weighted by molar-refractivity contribution is 0.289. The molecular weight excluding hydrogens is 238 g/mol. The van der Waals surface area contributed by atoms with E-state index in [1.807, 2.05) is 13.0 Å². The van der Waals surface area contributed by atoms with E-state index in [1.54, 1.807) is 12.4 Å². The lowest BCUT2D eigenvalue weighted by Crippen LogP contribution is -2.09. The van der Waals surface area contributed by atoms with Crippen LogP contribution in [0.25, 0.3) is 11.3 Å². The number of hydrogen-bond donors (Lipinski definition) is 1. The summed E-state index contributed by atoms with van der Waals surface area (Å²) in [4.78, 5) is 8.84. The van der Waals surface area contributed by atoms with Crippen molar-refractivity contribution in [2.24, 2.45) is 0 Å². The molecule has 0 fully saturated rings. The van der Waals surface area contributed by atoms with Crippen molar-refractivity contribution >= 4 is 5.82 Å². The highest BCUT2D eigenvalue weighted by Gasteiger charge is 2.16. The number of hydrogen-bond acceptors (Lipinski definition) is 4. The Morgan fingerprint density at radius 3 is 3.16 bits per heavy atom. The summed E-state index contributed by atoms with van der Waals surface area (Å²) in [6.07, 6.45) is 5.68. The first kappa shape index (κ1) is 12.0. The van der Waals surface area contributed by atoms with Crippen molar-refractivity contribution in [1.29, 1.82) is 0 Å². The van der Waals surface area contributed by atoms with Gasteiger partial charge in [-0.3, -0.25) is 4.98 Å². The quantitative estimate of drug-likeness (QED) is 0.916. The largest absolute Gasteiger partial charge is 0.493 e. The first-order chi connectivity index (χ1) is 9.38. The molecule has 0 saturated heterocycles. The fraction of sp³-hybridized carbons (Fsp3) is 0.333. The maximum Gasteiger partial charge on any atom is 0.145 e. The first-order valence-electron chi connectivity index (χ1n) is 6.69. The van der Waals surface area contributed by atoms with E-state index >= 15 is 0 Å². The lowest BCUT2D eigenvalue weighted by Gasteiger charge is -2.20. The minimum atomic E-state index is 0.782. The van der Waals surface area contributed by atoms with Crippen LogP contribution in [0.3, 0.4) is 0 Å². The molecule has 2 heterocycles. The van der Waals surface area contributed by atoms with Crippen LogP contribution in [-0.2, 0) is 6.42 Å². The van der Waals surface area contributed by atoms with Gasteiger partial charge in [0.15, 0.2) is 0 Å². The van der Waals surface area contributed by atoms with Gasteiger partial charge in [0.1, 0.15) is 11.6 Å². The standard InChI is InChI=1S/C15H17N3O/c1-2-17-14-10-16-9-13(18-14)12-7-3-5-11-6-4-8-19-15(11)12/h3,5,7,9-10H,2,4,6,8H2,1H3,(H,17,18). The monoisotopic (exact) mass is 255 g/mol. The third kappa shape index (κ3) is 2.38. The van der Waals surface area contributed by atoms with E-state index in [-0.39, 0.29) is 0 Å². The normalized spacial score (nSPS) is 13.5. The Balaban J connectivity index is 2.04. The summed E-state index contributed by atoms with van der Waals surface area (Å²) in [6, 6.07) is 6.23. The highest BCUT2D eigenvalue weighted by molar-refractivity contribution is 5.70. The van der Waals surface area contributed by atoms with Crippen LogP contribution in [0.4, 0.5) is 5.82 Å². The van der Waals surface area contributed by atoms with E-state index in [4.69, 9.17) is 4.74 Å². The van der Waals surface area contributed by atoms with Crippen molar-refractivity contribution in [3.63, 3.8) is 0 Å². The van der Waals surface area contributed by atoms with Gasteiger partial charge in [-0.05, 0) is 31.4 Å². The molecule has 98 valence electrons. The Morgan fingerprint density at radius 1 is 1.32 bits per heavy atom. The van der Waals surface area contributed by atoms with Crippen LogP contribution in [0.1, 0.15) is 18.9 Å². The molecule has 0 atom stereocenters. The molecule has 0 bridgehead atoms. The number of nitrogens with one attached hydrogen (secondary N) is 1. The number of nitrogens with zero attached hydrogens (tertiary/aromatic N) is 2. The molecule has 4 nitrogen and oxygen atoms in total. The smallest absolute Gasteiger partial charge is 0.145 e. The maximum atomic E-state index is 5.82. The SMILES string of the molecule is CCNc1cncc(-c2cccc3c2OCCC3)n1. The van der Waals surface area contributed by atoms with Gasteiger partial charge in [0.2, 0.25) is 0 Å².